The number of nitrogens with two attached hydrogens (primary N) is 1. The molecular formula is C8H11N3O3S. The first-order valence-corrected chi connectivity index (χ1v) is 5.20. The van der Waals surface area contributed by atoms with Crippen LogP contribution < -0.4 is 11.3 Å². The average Bonchev–Trinajstić information content (AvgIpc) is 2.12. The van der Waals surface area contributed by atoms with Crippen LogP contribution >= 0.6 is 11.8 Å². The number of aromatic nitrogens is 2. The van der Waals surface area contributed by atoms with Crippen LogP contribution in [0.5, 0.6) is 0 Å². The Labute approximate surface area is 89.9 Å². The number of carbonyl (C=O) groups is 1. The van der Waals surface area contributed by atoms with Crippen LogP contribution in [0.15, 0.2) is 16.0 Å². The Morgan fingerprint density at radius 2 is 2.47 bits per heavy atom. The number of carboxylic acids is 1. The van der Waals surface area contributed by atoms with Crippen molar-refractivity contribution >= 4 is 23.5 Å². The predicted molar refractivity (Wildman–Crippen MR) is 56.8 cm³/mol. The maximum atomic E-state index is 11.0. The zero-order chi connectivity index (χ0) is 11.4. The van der Waals surface area contributed by atoms with Gasteiger partial charge in [0.2, 0.25) is 0 Å². The van der Waals surface area contributed by atoms with E-state index >= 15 is 0 Å². The molecule has 1 atom stereocenters. The molecule has 0 fully saturated rings. The van der Waals surface area contributed by atoms with Crippen LogP contribution in [-0.4, -0.2) is 26.8 Å². The number of nitrogens with one attached hydrogen (secondary N) is 1. The van der Waals surface area contributed by atoms with E-state index in [-0.39, 0.29) is 11.4 Å². The van der Waals surface area contributed by atoms with Gasteiger partial charge in [-0.05, 0) is 0 Å². The van der Waals surface area contributed by atoms with E-state index in [1.807, 2.05) is 0 Å². The van der Waals surface area contributed by atoms with Gasteiger partial charge in [0, 0.05) is 11.8 Å². The van der Waals surface area contributed by atoms with Crippen molar-refractivity contribution in [2.45, 2.75) is 12.1 Å². The van der Waals surface area contributed by atoms with Gasteiger partial charge in [-0.3, -0.25) is 9.59 Å². The molecule has 7 heteroatoms. The lowest BCUT2D eigenvalue weighted by molar-refractivity contribution is -0.140. The maximum absolute atomic E-state index is 11.0. The SMILES string of the molecule is CC(CSc1nc(N)cc(=O)[nH]1)C(=O)O. The molecule has 0 aliphatic heterocycles. The third-order valence-corrected chi connectivity index (χ3v) is 2.76. The summed E-state index contributed by atoms with van der Waals surface area (Å²) in [6, 6.07) is 1.17. The number of thioether (sulfide) groups is 1. The molecule has 4 N–H and O–H groups in total. The van der Waals surface area contributed by atoms with Gasteiger partial charge in [0.25, 0.3) is 5.56 Å². The van der Waals surface area contributed by atoms with Crippen LogP contribution in [0.1, 0.15) is 6.92 Å². The summed E-state index contributed by atoms with van der Waals surface area (Å²) in [7, 11) is 0. The number of carboxylic acid groups (broad SMARTS) is 1. The fraction of sp³-hybridized carbons (Fsp3) is 0.375. The summed E-state index contributed by atoms with van der Waals surface area (Å²) < 4.78 is 0. The van der Waals surface area contributed by atoms with Gasteiger partial charge in [-0.2, -0.15) is 0 Å². The molecule has 0 saturated heterocycles. The third kappa shape index (κ3) is 3.62. The highest BCUT2D eigenvalue weighted by Gasteiger charge is 2.11. The van der Waals surface area contributed by atoms with Crippen LogP contribution in [-0.2, 0) is 4.79 Å². The Hall–Kier alpha value is -1.50. The number of hydrogen-bond donors (Lipinski definition) is 3. The van der Waals surface area contributed by atoms with Gasteiger partial charge in [0.15, 0.2) is 5.16 Å². The summed E-state index contributed by atoms with van der Waals surface area (Å²) in [5.74, 6) is -0.915. The van der Waals surface area contributed by atoms with Crippen molar-refractivity contribution < 1.29 is 9.90 Å². The second kappa shape index (κ2) is 4.83. The number of anilines is 1. The van der Waals surface area contributed by atoms with Gasteiger partial charge in [0.05, 0.1) is 5.92 Å². The Kier molecular flexibility index (Phi) is 3.73. The zero-order valence-electron chi connectivity index (χ0n) is 8.06. The number of H-pyrrole nitrogens is 1. The topological polar surface area (TPSA) is 109 Å². The molecule has 0 aliphatic carbocycles. The predicted octanol–water partition coefficient (Wildman–Crippen LogP) is 0.165. The smallest absolute Gasteiger partial charge is 0.307 e. The lowest BCUT2D eigenvalue weighted by atomic mass is 10.2. The number of aliphatic carboxylic acids is 1. The molecule has 0 spiro atoms. The monoisotopic (exact) mass is 229 g/mol. The lowest BCUT2D eigenvalue weighted by Crippen LogP contribution is -2.14. The van der Waals surface area contributed by atoms with Gasteiger partial charge in [0.1, 0.15) is 5.82 Å². The molecule has 82 valence electrons. The molecule has 6 nitrogen and oxygen atoms in total. The highest BCUT2D eigenvalue weighted by atomic mass is 32.2. The summed E-state index contributed by atoms with van der Waals surface area (Å²) >= 11 is 1.16. The van der Waals surface area contributed by atoms with Crippen molar-refractivity contribution in [3.05, 3.63) is 16.4 Å². The van der Waals surface area contributed by atoms with Gasteiger partial charge in [-0.1, -0.05) is 18.7 Å². The molecule has 0 radical (unpaired) electrons. The van der Waals surface area contributed by atoms with Crippen LogP contribution in [0.3, 0.4) is 0 Å². The fourth-order valence-corrected chi connectivity index (χ4v) is 1.69. The third-order valence-electron chi connectivity index (χ3n) is 1.63. The quantitative estimate of drug-likeness (QED) is 0.501. The van der Waals surface area contributed by atoms with E-state index in [0.717, 1.165) is 11.8 Å². The molecule has 15 heavy (non-hydrogen) atoms. The van der Waals surface area contributed by atoms with Gasteiger partial charge in [-0.25, -0.2) is 4.98 Å². The Bertz CT molecular complexity index is 418. The molecule has 0 aliphatic rings. The molecular weight excluding hydrogens is 218 g/mol. The minimum absolute atomic E-state index is 0.129. The maximum Gasteiger partial charge on any atom is 0.307 e. The second-order valence-corrected chi connectivity index (χ2v) is 4.03. The van der Waals surface area contributed by atoms with E-state index in [4.69, 9.17) is 10.8 Å². The highest BCUT2D eigenvalue weighted by Crippen LogP contribution is 2.15. The van der Waals surface area contributed by atoms with Crippen molar-refractivity contribution in [3.63, 3.8) is 0 Å². The molecule has 0 amide bonds. The van der Waals surface area contributed by atoms with E-state index in [1.165, 1.54) is 6.07 Å². The number of rotatable bonds is 4. The number of nitrogens with zero attached hydrogens (tertiary/aromatic N) is 1. The standard InChI is InChI=1S/C8H11N3O3S/c1-4(7(13)14)3-15-8-10-5(9)2-6(12)11-8/h2,4H,3H2,1H3,(H,13,14)(H3,9,10,11,12). The second-order valence-electron chi connectivity index (χ2n) is 3.03. The summed E-state index contributed by atoms with van der Waals surface area (Å²) in [4.78, 5) is 27.8. The van der Waals surface area contributed by atoms with Gasteiger partial charge in [-0.15, -0.1) is 0 Å². The summed E-state index contributed by atoms with van der Waals surface area (Å²) in [6.07, 6.45) is 0. The minimum atomic E-state index is -0.881. The molecule has 1 rings (SSSR count). The van der Waals surface area contributed by atoms with Crippen molar-refractivity contribution in [3.8, 4) is 0 Å². The average molecular weight is 229 g/mol. The van der Waals surface area contributed by atoms with Gasteiger partial charge < -0.3 is 15.8 Å². The number of aromatic amines is 1. The zero-order valence-corrected chi connectivity index (χ0v) is 8.87. The first-order chi connectivity index (χ1) is 6.99. The summed E-state index contributed by atoms with van der Waals surface area (Å²) in [5.41, 5.74) is 5.03. The van der Waals surface area contributed by atoms with Crippen LogP contribution in [0.2, 0.25) is 0 Å². The lowest BCUT2D eigenvalue weighted by Gasteiger charge is -2.04. The van der Waals surface area contributed by atoms with Crippen molar-refractivity contribution in [2.75, 3.05) is 11.5 Å². The van der Waals surface area contributed by atoms with Crippen molar-refractivity contribution in [1.82, 2.24) is 9.97 Å². The van der Waals surface area contributed by atoms with E-state index in [9.17, 15) is 9.59 Å². The first kappa shape index (κ1) is 11.6. The van der Waals surface area contributed by atoms with Crippen LogP contribution in [0.4, 0.5) is 5.82 Å². The summed E-state index contributed by atoms with van der Waals surface area (Å²) in [6.45, 7) is 1.58. The van der Waals surface area contributed by atoms with Crippen LogP contribution in [0, 0.1) is 5.92 Å². The molecule has 1 aromatic heterocycles. The van der Waals surface area contributed by atoms with E-state index in [2.05, 4.69) is 9.97 Å². The summed E-state index contributed by atoms with van der Waals surface area (Å²) in [5, 5.41) is 8.98. The van der Waals surface area contributed by atoms with Crippen molar-refractivity contribution in [1.29, 1.82) is 0 Å². The normalized spacial score (nSPS) is 12.3. The molecule has 1 heterocycles. The molecule has 0 saturated carbocycles. The Balaban J connectivity index is 2.65. The molecule has 1 unspecified atom stereocenters. The van der Waals surface area contributed by atoms with Gasteiger partial charge >= 0.3 is 5.97 Å². The fourth-order valence-electron chi connectivity index (χ4n) is 0.797. The first-order valence-electron chi connectivity index (χ1n) is 4.21. The Morgan fingerprint density at radius 1 is 1.80 bits per heavy atom. The largest absolute Gasteiger partial charge is 0.481 e. The Morgan fingerprint density at radius 3 is 3.00 bits per heavy atom. The number of hydrogen-bond acceptors (Lipinski definition) is 5. The van der Waals surface area contributed by atoms with E-state index in [0.29, 0.717) is 10.9 Å². The number of nitrogen functional groups attached to an aromatic ring is 1. The highest BCUT2D eigenvalue weighted by molar-refractivity contribution is 7.99. The van der Waals surface area contributed by atoms with Crippen LogP contribution in [0.25, 0.3) is 0 Å². The minimum Gasteiger partial charge on any atom is -0.481 e. The molecule has 0 aromatic carbocycles. The molecule has 0 bridgehead atoms. The van der Waals surface area contributed by atoms with E-state index in [1.54, 1.807) is 6.92 Å². The van der Waals surface area contributed by atoms with Crippen molar-refractivity contribution in [2.24, 2.45) is 5.92 Å². The molecule has 1 aromatic rings. The van der Waals surface area contributed by atoms with E-state index < -0.39 is 11.9 Å².